The highest BCUT2D eigenvalue weighted by molar-refractivity contribution is 7.89. The molecule has 0 saturated carbocycles. The van der Waals surface area contributed by atoms with Gasteiger partial charge in [-0.25, -0.2) is 13.1 Å². The van der Waals surface area contributed by atoms with Crippen LogP contribution in [0.5, 0.6) is 5.75 Å². The number of hydrogen-bond donors (Lipinski definition) is 1. The topological polar surface area (TPSA) is 111 Å². The van der Waals surface area contributed by atoms with Gasteiger partial charge in [-0.2, -0.15) is 9.40 Å². The first-order chi connectivity index (χ1) is 16.4. The van der Waals surface area contributed by atoms with Crippen LogP contribution in [0.25, 0.3) is 5.69 Å². The molecule has 1 saturated heterocycles. The van der Waals surface area contributed by atoms with E-state index in [1.54, 1.807) is 23.9 Å². The van der Waals surface area contributed by atoms with Crippen LogP contribution in [0.15, 0.2) is 53.4 Å². The normalized spacial score (nSPS) is 18.1. The number of benzene rings is 2. The van der Waals surface area contributed by atoms with Gasteiger partial charge in [-0.3, -0.25) is 9.00 Å². The lowest BCUT2D eigenvalue weighted by atomic mass is 10.2. The summed E-state index contributed by atoms with van der Waals surface area (Å²) < 4.78 is 45.9. The van der Waals surface area contributed by atoms with E-state index >= 15 is 0 Å². The Morgan fingerprint density at radius 2 is 1.71 bits per heavy atom. The fraction of sp³-hybridized carbons (Fsp3) is 0.304. The van der Waals surface area contributed by atoms with E-state index in [-0.39, 0.29) is 4.90 Å². The average Bonchev–Trinajstić information content (AvgIpc) is 3.57. The molecular weight excluding hydrogens is 476 g/mol. The fourth-order valence-electron chi connectivity index (χ4n) is 4.20. The number of aromatic nitrogens is 2. The van der Waals surface area contributed by atoms with Crippen LogP contribution in [0.1, 0.15) is 34.5 Å². The summed E-state index contributed by atoms with van der Waals surface area (Å²) in [5.41, 5.74) is 2.48. The van der Waals surface area contributed by atoms with E-state index in [1.165, 1.54) is 28.6 Å². The molecule has 1 amide bonds. The zero-order valence-corrected chi connectivity index (χ0v) is 20.2. The Kier molecular flexibility index (Phi) is 6.00. The van der Waals surface area contributed by atoms with Gasteiger partial charge < -0.3 is 10.1 Å². The molecule has 0 spiro atoms. The summed E-state index contributed by atoms with van der Waals surface area (Å²) >= 11 is 0. The second-order valence-corrected chi connectivity index (χ2v) is 11.6. The van der Waals surface area contributed by atoms with Crippen molar-refractivity contribution >= 4 is 32.5 Å². The number of nitrogens with one attached hydrogen (secondary N) is 1. The van der Waals surface area contributed by atoms with Gasteiger partial charge in [0.25, 0.3) is 5.91 Å². The predicted octanol–water partition coefficient (Wildman–Crippen LogP) is 2.68. The van der Waals surface area contributed by atoms with Gasteiger partial charge in [0.15, 0.2) is 0 Å². The lowest BCUT2D eigenvalue weighted by Gasteiger charge is -2.15. The molecule has 2 aromatic carbocycles. The van der Waals surface area contributed by atoms with Crippen molar-refractivity contribution in [2.24, 2.45) is 0 Å². The number of anilines is 1. The number of fused-ring (bicyclic) bond motifs is 1. The van der Waals surface area contributed by atoms with Crippen molar-refractivity contribution in [3.05, 3.63) is 65.4 Å². The van der Waals surface area contributed by atoms with Crippen LogP contribution in [0.4, 0.5) is 5.82 Å². The van der Waals surface area contributed by atoms with Gasteiger partial charge in [0.2, 0.25) is 10.0 Å². The summed E-state index contributed by atoms with van der Waals surface area (Å²) in [4.78, 5) is 13.3. The van der Waals surface area contributed by atoms with Crippen molar-refractivity contribution in [3.63, 3.8) is 0 Å². The number of ether oxygens (including phenoxy) is 1. The Morgan fingerprint density at radius 3 is 2.35 bits per heavy atom. The number of nitrogens with zero attached hydrogens (tertiary/aromatic N) is 3. The van der Waals surface area contributed by atoms with E-state index in [1.807, 2.05) is 12.1 Å². The van der Waals surface area contributed by atoms with Gasteiger partial charge in [0, 0.05) is 35.0 Å². The van der Waals surface area contributed by atoms with Crippen LogP contribution in [0.2, 0.25) is 0 Å². The maximum atomic E-state index is 13.1. The van der Waals surface area contributed by atoms with Gasteiger partial charge in [0.05, 0.1) is 34.9 Å². The van der Waals surface area contributed by atoms with Gasteiger partial charge in [-0.15, -0.1) is 0 Å². The largest absolute Gasteiger partial charge is 0.497 e. The van der Waals surface area contributed by atoms with Crippen molar-refractivity contribution in [2.45, 2.75) is 29.2 Å². The Balaban J connectivity index is 1.42. The number of carbonyl (C=O) groups is 1. The van der Waals surface area contributed by atoms with E-state index < -0.39 is 26.7 Å². The molecule has 34 heavy (non-hydrogen) atoms. The molecule has 5 rings (SSSR count). The van der Waals surface area contributed by atoms with Crippen molar-refractivity contribution in [2.75, 3.05) is 25.5 Å². The highest BCUT2D eigenvalue weighted by atomic mass is 32.2. The summed E-state index contributed by atoms with van der Waals surface area (Å²) in [6.45, 7) is 1.04. The number of hydrogen-bond acceptors (Lipinski definition) is 6. The Labute approximate surface area is 200 Å². The molecule has 1 aromatic heterocycles. The highest BCUT2D eigenvalue weighted by Crippen LogP contribution is 2.32. The van der Waals surface area contributed by atoms with Crippen LogP contribution in [0, 0.1) is 0 Å². The smallest absolute Gasteiger partial charge is 0.256 e. The Morgan fingerprint density at radius 1 is 1.03 bits per heavy atom. The highest BCUT2D eigenvalue weighted by Gasteiger charge is 2.29. The summed E-state index contributed by atoms with van der Waals surface area (Å²) in [7, 11) is -3.03. The predicted molar refractivity (Wildman–Crippen MR) is 128 cm³/mol. The van der Waals surface area contributed by atoms with Crippen molar-refractivity contribution in [1.29, 1.82) is 0 Å². The molecule has 3 aromatic rings. The quantitative estimate of drug-likeness (QED) is 0.557. The number of carbonyl (C=O) groups excluding carboxylic acids is 1. The van der Waals surface area contributed by atoms with E-state index in [4.69, 9.17) is 4.74 Å². The first kappa shape index (κ1) is 22.8. The second kappa shape index (κ2) is 8.97. The van der Waals surface area contributed by atoms with Gasteiger partial charge in [-0.05, 0) is 61.4 Å². The average molecular weight is 501 g/mol. The lowest BCUT2D eigenvalue weighted by molar-refractivity contribution is 0.102. The van der Waals surface area contributed by atoms with Crippen LogP contribution in [-0.2, 0) is 32.3 Å². The van der Waals surface area contributed by atoms with E-state index in [0.29, 0.717) is 47.4 Å². The first-order valence-corrected chi connectivity index (χ1v) is 13.8. The number of rotatable bonds is 6. The standard InChI is InChI=1S/C23H24N4O5S2/c1-32-18-8-6-17(7-9-18)27-22(20-14-33(29)15-21(20)25-27)24-23(28)16-4-10-19(11-5-16)34(30,31)26-12-2-3-13-26/h4-11H,2-3,12-15H2,1H3,(H,24,28). The second-order valence-electron chi connectivity index (χ2n) is 8.20. The number of amides is 1. The zero-order valence-electron chi connectivity index (χ0n) is 18.6. The maximum Gasteiger partial charge on any atom is 0.256 e. The number of sulfonamides is 1. The van der Waals surface area contributed by atoms with Crippen molar-refractivity contribution in [1.82, 2.24) is 14.1 Å². The SMILES string of the molecule is COc1ccc(-n2nc3c(c2NC(=O)c2ccc(S(=O)(=O)N4CCCC4)cc2)CS(=O)C3)cc1. The molecule has 3 heterocycles. The third-order valence-corrected chi connectivity index (χ3v) is 9.16. The molecule has 1 unspecified atom stereocenters. The zero-order chi connectivity index (χ0) is 23.9. The van der Waals surface area contributed by atoms with Crippen LogP contribution >= 0.6 is 0 Å². The molecule has 9 nitrogen and oxygen atoms in total. The van der Waals surface area contributed by atoms with E-state index in [9.17, 15) is 17.4 Å². The fourth-order valence-corrected chi connectivity index (χ4v) is 6.98. The molecule has 0 bridgehead atoms. The minimum absolute atomic E-state index is 0.172. The van der Waals surface area contributed by atoms with Gasteiger partial charge >= 0.3 is 0 Å². The molecule has 0 aliphatic carbocycles. The van der Waals surface area contributed by atoms with Crippen molar-refractivity contribution in [3.8, 4) is 11.4 Å². The molecule has 1 atom stereocenters. The molecule has 2 aliphatic rings. The molecular formula is C23H24N4O5S2. The van der Waals surface area contributed by atoms with Crippen LogP contribution in [0.3, 0.4) is 0 Å². The minimum atomic E-state index is -3.55. The molecule has 2 aliphatic heterocycles. The Hall–Kier alpha value is -3.02. The summed E-state index contributed by atoms with van der Waals surface area (Å²) in [5.74, 6) is 1.41. The van der Waals surface area contributed by atoms with Gasteiger partial charge in [-0.1, -0.05) is 0 Å². The minimum Gasteiger partial charge on any atom is -0.497 e. The molecule has 1 fully saturated rings. The summed E-state index contributed by atoms with van der Waals surface area (Å²) in [5, 5.41) is 7.49. The lowest BCUT2D eigenvalue weighted by Crippen LogP contribution is -2.27. The first-order valence-electron chi connectivity index (χ1n) is 10.9. The summed E-state index contributed by atoms with van der Waals surface area (Å²) in [6.07, 6.45) is 1.72. The van der Waals surface area contributed by atoms with Crippen LogP contribution in [-0.4, -0.2) is 52.8 Å². The molecule has 11 heteroatoms. The third-order valence-electron chi connectivity index (χ3n) is 6.04. The number of methoxy groups -OCH3 is 1. The monoisotopic (exact) mass is 500 g/mol. The molecule has 0 radical (unpaired) electrons. The summed E-state index contributed by atoms with van der Waals surface area (Å²) in [6, 6.07) is 13.2. The Bertz CT molecular complexity index is 1360. The third kappa shape index (κ3) is 4.15. The maximum absolute atomic E-state index is 13.1. The van der Waals surface area contributed by atoms with Crippen LogP contribution < -0.4 is 10.1 Å². The van der Waals surface area contributed by atoms with Gasteiger partial charge in [0.1, 0.15) is 11.6 Å². The van der Waals surface area contributed by atoms with Crippen molar-refractivity contribution < 1.29 is 22.2 Å². The van der Waals surface area contributed by atoms with E-state index in [0.717, 1.165) is 24.1 Å². The molecule has 178 valence electrons. The van der Waals surface area contributed by atoms with E-state index in [2.05, 4.69) is 10.4 Å². The molecule has 1 N–H and O–H groups in total.